The lowest BCUT2D eigenvalue weighted by Crippen LogP contribution is -2.47. The van der Waals surface area contributed by atoms with Gasteiger partial charge in [-0.1, -0.05) is 0 Å². The first-order valence-corrected chi connectivity index (χ1v) is 11.7. The molecule has 182 valence electrons. The maximum Gasteiger partial charge on any atom is 0.475 e. The van der Waals surface area contributed by atoms with Crippen LogP contribution < -0.4 is 10.5 Å². The van der Waals surface area contributed by atoms with Crippen LogP contribution in [-0.2, 0) is 32.4 Å². The van der Waals surface area contributed by atoms with Crippen molar-refractivity contribution in [1.29, 1.82) is 0 Å². The highest BCUT2D eigenvalue weighted by atomic mass is 31.2. The first-order chi connectivity index (χ1) is 15.6. The van der Waals surface area contributed by atoms with E-state index in [1.54, 1.807) is 6.92 Å². The molecular weight excluding hydrogens is 461 g/mol. The highest BCUT2D eigenvalue weighted by molar-refractivity contribution is 7.48. The van der Waals surface area contributed by atoms with E-state index in [1.165, 1.54) is 31.9 Å². The minimum atomic E-state index is -4.10. The van der Waals surface area contributed by atoms with Gasteiger partial charge in [0.25, 0.3) is 0 Å². The van der Waals surface area contributed by atoms with Gasteiger partial charge in [-0.15, -0.1) is 0 Å². The van der Waals surface area contributed by atoms with Crippen molar-refractivity contribution in [1.82, 2.24) is 19.5 Å². The van der Waals surface area contributed by atoms with Crippen molar-refractivity contribution < 1.29 is 42.2 Å². The molecule has 0 bridgehead atoms. The second kappa shape index (κ2) is 8.78. The van der Waals surface area contributed by atoms with E-state index in [0.717, 1.165) is 0 Å². The lowest BCUT2D eigenvalue weighted by Gasteiger charge is -2.35. The molecule has 3 N–H and O–H groups in total. The lowest BCUT2D eigenvalue weighted by molar-refractivity contribution is -0.145. The number of methoxy groups -OCH3 is 1. The van der Waals surface area contributed by atoms with Crippen molar-refractivity contribution in [2.24, 2.45) is 0 Å². The molecule has 2 saturated heterocycles. The molecule has 0 aliphatic carbocycles. The van der Waals surface area contributed by atoms with Crippen molar-refractivity contribution in [2.45, 2.75) is 57.3 Å². The number of nitrogens with zero attached hydrogens (tertiary/aromatic N) is 4. The summed E-state index contributed by atoms with van der Waals surface area (Å²) < 4.78 is 46.9. The summed E-state index contributed by atoms with van der Waals surface area (Å²) in [6.45, 7) is 4.72. The third-order valence-corrected chi connectivity index (χ3v) is 6.85. The third kappa shape index (κ3) is 4.42. The molecule has 14 nitrogen and oxygen atoms in total. The van der Waals surface area contributed by atoms with Gasteiger partial charge >= 0.3 is 13.8 Å². The van der Waals surface area contributed by atoms with Crippen LogP contribution in [0.4, 0.5) is 5.95 Å². The molecule has 0 aromatic carbocycles. The zero-order valence-electron chi connectivity index (χ0n) is 18.5. The number of aliphatic hydroxyl groups is 1. The number of phosphoric ester groups is 1. The molecule has 15 heteroatoms. The number of anilines is 1. The first-order valence-electron chi connectivity index (χ1n) is 10.3. The van der Waals surface area contributed by atoms with Crippen LogP contribution in [0, 0.1) is 0 Å². The number of phosphoric acid groups is 1. The van der Waals surface area contributed by atoms with Crippen LogP contribution in [0.3, 0.4) is 0 Å². The summed E-state index contributed by atoms with van der Waals surface area (Å²) in [5, 5.41) is 11.3. The molecule has 4 rings (SSSR count). The molecule has 33 heavy (non-hydrogen) atoms. The van der Waals surface area contributed by atoms with Gasteiger partial charge in [0.2, 0.25) is 11.8 Å². The molecular formula is C18H26N5O9P. The molecule has 2 aliphatic rings. The first kappa shape index (κ1) is 23.8. The van der Waals surface area contributed by atoms with E-state index in [9.17, 15) is 14.5 Å². The average molecular weight is 487 g/mol. The molecule has 0 saturated carbocycles. The zero-order chi connectivity index (χ0) is 24.0. The second-order valence-corrected chi connectivity index (χ2v) is 9.44. The number of nitrogen functional groups attached to an aromatic ring is 1. The van der Waals surface area contributed by atoms with E-state index >= 15 is 0 Å². The molecule has 0 spiro atoms. The maximum atomic E-state index is 13.1. The van der Waals surface area contributed by atoms with Crippen molar-refractivity contribution >= 4 is 30.9 Å². The fourth-order valence-corrected chi connectivity index (χ4v) is 5.51. The van der Waals surface area contributed by atoms with Gasteiger partial charge in [0.15, 0.2) is 17.4 Å². The molecule has 2 aromatic rings. The van der Waals surface area contributed by atoms with Crippen molar-refractivity contribution in [2.75, 3.05) is 26.1 Å². The van der Waals surface area contributed by atoms with Gasteiger partial charge in [0.1, 0.15) is 17.8 Å². The number of imidazole rings is 1. The van der Waals surface area contributed by atoms with Gasteiger partial charge in [0, 0.05) is 0 Å². The van der Waals surface area contributed by atoms with E-state index in [-0.39, 0.29) is 37.1 Å². The number of nitrogens with two attached hydrogens (primary N) is 1. The molecule has 1 unspecified atom stereocenters. The number of rotatable bonds is 7. The molecule has 0 radical (unpaired) electrons. The quantitative estimate of drug-likeness (QED) is 0.417. The Bertz CT molecular complexity index is 1090. The Morgan fingerprint density at radius 1 is 1.48 bits per heavy atom. The number of hydrogen-bond donors (Lipinski definition) is 2. The number of carbonyl (C=O) groups is 1. The monoisotopic (exact) mass is 487 g/mol. The summed E-state index contributed by atoms with van der Waals surface area (Å²) in [4.78, 5) is 24.1. The highest BCUT2D eigenvalue weighted by Gasteiger charge is 2.60. The average Bonchev–Trinajstić information content (AvgIpc) is 3.25. The Hall–Kier alpha value is -2.35. The van der Waals surface area contributed by atoms with Crippen LogP contribution in [0.5, 0.6) is 5.88 Å². The SMILES string of the molecule is CCOC(=O)C[C@@H](C)OP1(=O)OC[C@H]2O[C@@H](n3cnc4c(OC)nc(N)nc43)[C@](C)(O)[C@@H]2O1. The Morgan fingerprint density at radius 3 is 2.94 bits per heavy atom. The van der Waals surface area contributed by atoms with Gasteiger partial charge in [-0.05, 0) is 20.8 Å². The number of hydrogen-bond acceptors (Lipinski definition) is 13. The van der Waals surface area contributed by atoms with E-state index in [2.05, 4.69) is 15.0 Å². The fraction of sp³-hybridized carbons (Fsp3) is 0.667. The van der Waals surface area contributed by atoms with Crippen LogP contribution in [-0.4, -0.2) is 74.8 Å². The van der Waals surface area contributed by atoms with Crippen molar-refractivity contribution in [3.8, 4) is 5.88 Å². The summed E-state index contributed by atoms with van der Waals surface area (Å²) in [7, 11) is -2.69. The number of ether oxygens (including phenoxy) is 3. The van der Waals surface area contributed by atoms with E-state index in [4.69, 9.17) is 33.5 Å². The largest absolute Gasteiger partial charge is 0.479 e. The van der Waals surface area contributed by atoms with Crippen molar-refractivity contribution in [3.63, 3.8) is 0 Å². The number of carbonyl (C=O) groups excluding carboxylic acids is 1. The maximum absolute atomic E-state index is 13.1. The topological polar surface area (TPSA) is 179 Å². The molecule has 2 aromatic heterocycles. The summed E-state index contributed by atoms with van der Waals surface area (Å²) in [6, 6.07) is 0. The summed E-state index contributed by atoms with van der Waals surface area (Å²) in [6.07, 6.45) is -2.43. The standard InChI is InChI=1S/C18H26N5O9P/c1-5-28-11(24)6-9(2)31-33(26)29-7-10-13(32-33)18(3,25)16(30-10)23-8-20-12-14(23)21-17(19)22-15(12)27-4/h8-10,13,16,25H,5-7H2,1-4H3,(H2,19,21,22)/t9-,10-,13-,16-,18-,33?/m1/s1. The predicted molar refractivity (Wildman–Crippen MR) is 111 cm³/mol. The number of esters is 1. The molecule has 6 atom stereocenters. The fourth-order valence-electron chi connectivity index (χ4n) is 3.86. The Labute approximate surface area is 188 Å². The van der Waals surface area contributed by atoms with Gasteiger partial charge in [0.05, 0.1) is 39.2 Å². The molecule has 2 aliphatic heterocycles. The van der Waals surface area contributed by atoms with Gasteiger partial charge < -0.3 is 25.1 Å². The Morgan fingerprint density at radius 2 is 2.24 bits per heavy atom. The van der Waals surface area contributed by atoms with E-state index in [1.807, 2.05) is 0 Å². The predicted octanol–water partition coefficient (Wildman–Crippen LogP) is 0.947. The lowest BCUT2D eigenvalue weighted by atomic mass is 9.96. The van der Waals surface area contributed by atoms with Gasteiger partial charge in [-0.2, -0.15) is 9.97 Å². The second-order valence-electron chi connectivity index (χ2n) is 7.86. The summed E-state index contributed by atoms with van der Waals surface area (Å²) in [5.41, 5.74) is 4.66. The highest BCUT2D eigenvalue weighted by Crippen LogP contribution is 2.59. The van der Waals surface area contributed by atoms with Crippen molar-refractivity contribution in [3.05, 3.63) is 6.33 Å². The third-order valence-electron chi connectivity index (χ3n) is 5.28. The molecule has 0 amide bonds. The minimum absolute atomic E-state index is 0.0516. The van der Waals surface area contributed by atoms with Crippen LogP contribution in [0.15, 0.2) is 6.33 Å². The summed E-state index contributed by atoms with van der Waals surface area (Å²) in [5.74, 6) is -0.393. The number of fused-ring (bicyclic) bond motifs is 2. The van der Waals surface area contributed by atoms with Crippen LogP contribution in [0.2, 0.25) is 0 Å². The van der Waals surface area contributed by atoms with Crippen LogP contribution in [0.25, 0.3) is 11.2 Å². The Kier molecular flexibility index (Phi) is 6.33. The Balaban J connectivity index is 1.56. The summed E-state index contributed by atoms with van der Waals surface area (Å²) >= 11 is 0. The normalized spacial score (nSPS) is 32.5. The van der Waals surface area contributed by atoms with Gasteiger partial charge in [-0.25, -0.2) is 9.55 Å². The van der Waals surface area contributed by atoms with Gasteiger partial charge in [-0.3, -0.25) is 22.9 Å². The van der Waals surface area contributed by atoms with E-state index in [0.29, 0.717) is 5.52 Å². The van der Waals surface area contributed by atoms with E-state index < -0.39 is 43.9 Å². The van der Waals surface area contributed by atoms with Crippen LogP contribution >= 0.6 is 7.82 Å². The number of aromatic nitrogens is 4. The zero-order valence-corrected chi connectivity index (χ0v) is 19.4. The molecule has 4 heterocycles. The smallest absolute Gasteiger partial charge is 0.475 e. The van der Waals surface area contributed by atoms with Crippen LogP contribution in [0.1, 0.15) is 33.4 Å². The molecule has 2 fully saturated rings. The minimum Gasteiger partial charge on any atom is -0.479 e.